The Morgan fingerprint density at radius 1 is 0.828 bits per heavy atom. The molecule has 1 heterocycles. The summed E-state index contributed by atoms with van der Waals surface area (Å²) in [6, 6.07) is 16.4. The van der Waals surface area contributed by atoms with Crippen LogP contribution in [0.2, 0.25) is 0 Å². The van der Waals surface area contributed by atoms with E-state index in [4.69, 9.17) is 0 Å². The molecule has 3 rings (SSSR count). The Bertz CT molecular complexity index is 1110. The maximum Gasteiger partial charge on any atom is 0.163 e. The van der Waals surface area contributed by atoms with Gasteiger partial charge >= 0.3 is 0 Å². The zero-order chi connectivity index (χ0) is 21.0. The van der Waals surface area contributed by atoms with Gasteiger partial charge in [-0.05, 0) is 48.6 Å². The predicted octanol–water partition coefficient (Wildman–Crippen LogP) is 6.05. The van der Waals surface area contributed by atoms with Crippen molar-refractivity contribution in [2.75, 3.05) is 0 Å². The molecular formula is C26H25N3. The molecule has 0 unspecified atom stereocenters. The average molecular weight is 380 g/mol. The van der Waals surface area contributed by atoms with Crippen molar-refractivity contribution in [3.8, 4) is 0 Å². The molecule has 0 aliphatic carbocycles. The van der Waals surface area contributed by atoms with Crippen LogP contribution in [0.4, 0.5) is 0 Å². The van der Waals surface area contributed by atoms with Gasteiger partial charge in [-0.2, -0.15) is 0 Å². The molecule has 0 atom stereocenters. The highest BCUT2D eigenvalue weighted by Gasteiger charge is 2.10. The van der Waals surface area contributed by atoms with Crippen LogP contribution in [-0.2, 0) is 6.42 Å². The van der Waals surface area contributed by atoms with E-state index in [0.29, 0.717) is 18.1 Å². The van der Waals surface area contributed by atoms with Gasteiger partial charge in [-0.15, -0.1) is 5.73 Å². The lowest BCUT2D eigenvalue weighted by Crippen LogP contribution is -2.06. The van der Waals surface area contributed by atoms with Gasteiger partial charge in [0.05, 0.1) is 0 Å². The quantitative estimate of drug-likeness (QED) is 0.489. The monoisotopic (exact) mass is 379 g/mol. The molecule has 0 aliphatic rings. The Morgan fingerprint density at radius 2 is 1.41 bits per heavy atom. The Kier molecular flexibility index (Phi) is 6.01. The van der Waals surface area contributed by atoms with Crippen LogP contribution in [0.15, 0.2) is 74.0 Å². The van der Waals surface area contributed by atoms with Crippen LogP contribution in [0.25, 0.3) is 16.7 Å². The zero-order valence-corrected chi connectivity index (χ0v) is 17.3. The van der Waals surface area contributed by atoms with Crippen molar-refractivity contribution in [2.24, 2.45) is 0 Å². The molecule has 0 amide bonds. The van der Waals surface area contributed by atoms with E-state index >= 15 is 0 Å². The molecule has 0 saturated heterocycles. The largest absolute Gasteiger partial charge is 0.218 e. The number of aromatic nitrogens is 3. The van der Waals surface area contributed by atoms with Crippen LogP contribution in [0.3, 0.4) is 0 Å². The third-order valence-electron chi connectivity index (χ3n) is 4.80. The van der Waals surface area contributed by atoms with E-state index in [1.165, 1.54) is 0 Å². The first-order chi connectivity index (χ1) is 13.9. The molecule has 0 fully saturated rings. The Labute approximate surface area is 172 Å². The minimum atomic E-state index is 0.606. The molecule has 3 aromatic rings. The van der Waals surface area contributed by atoms with Gasteiger partial charge in [-0.25, -0.2) is 15.0 Å². The van der Waals surface area contributed by atoms with Crippen molar-refractivity contribution >= 4 is 16.7 Å². The van der Waals surface area contributed by atoms with Gasteiger partial charge in [0.2, 0.25) is 0 Å². The van der Waals surface area contributed by atoms with Gasteiger partial charge in [0.25, 0.3) is 0 Å². The van der Waals surface area contributed by atoms with E-state index in [0.717, 1.165) is 44.8 Å². The van der Waals surface area contributed by atoms with E-state index in [2.05, 4.69) is 64.7 Å². The minimum Gasteiger partial charge on any atom is -0.218 e. The summed E-state index contributed by atoms with van der Waals surface area (Å²) in [6.45, 7) is 17.8. The summed E-state index contributed by atoms with van der Waals surface area (Å²) in [4.78, 5) is 13.7. The van der Waals surface area contributed by atoms with Gasteiger partial charge in [0, 0.05) is 12.0 Å². The molecule has 0 N–H and O–H groups in total. The maximum absolute atomic E-state index is 4.67. The van der Waals surface area contributed by atoms with Crippen molar-refractivity contribution in [1.29, 1.82) is 0 Å². The Morgan fingerprint density at radius 3 is 2.00 bits per heavy atom. The highest BCUT2D eigenvalue weighted by atomic mass is 15.0. The fourth-order valence-electron chi connectivity index (χ4n) is 2.99. The van der Waals surface area contributed by atoms with E-state index in [1.807, 2.05) is 45.0 Å². The Hall–Kier alpha value is -3.55. The third kappa shape index (κ3) is 4.84. The highest BCUT2D eigenvalue weighted by Crippen LogP contribution is 2.22. The SMILES string of the molecule is C=C=C(C)c1ccc(C(=C)c2nc(C)nc(Cc3ccc(C(=C)C)cc3)n2)cc1. The Balaban J connectivity index is 1.85. The van der Waals surface area contributed by atoms with Crippen LogP contribution >= 0.6 is 0 Å². The van der Waals surface area contributed by atoms with E-state index < -0.39 is 0 Å². The van der Waals surface area contributed by atoms with Crippen LogP contribution in [0.1, 0.15) is 53.6 Å². The first kappa shape index (κ1) is 20.2. The number of hydrogen-bond donors (Lipinski definition) is 0. The van der Waals surface area contributed by atoms with Crippen LogP contribution in [-0.4, -0.2) is 15.0 Å². The summed E-state index contributed by atoms with van der Waals surface area (Å²) in [5, 5.41) is 0. The fraction of sp³-hybridized carbons (Fsp3) is 0.154. The third-order valence-corrected chi connectivity index (χ3v) is 4.80. The van der Waals surface area contributed by atoms with Crippen molar-refractivity contribution in [3.05, 3.63) is 114 Å². The van der Waals surface area contributed by atoms with Crippen LogP contribution in [0.5, 0.6) is 0 Å². The number of rotatable bonds is 6. The van der Waals surface area contributed by atoms with Crippen molar-refractivity contribution in [1.82, 2.24) is 15.0 Å². The standard InChI is InChI=1S/C26H25N3/c1-7-18(4)23-12-14-24(15-13-23)19(5)26-28-20(6)27-25(29-26)16-21-8-10-22(11-9-21)17(2)3/h8-15H,1-2,5,16H2,3-4,6H3. The van der Waals surface area contributed by atoms with Crippen LogP contribution < -0.4 is 0 Å². The number of hydrogen-bond acceptors (Lipinski definition) is 3. The second-order valence-corrected chi connectivity index (χ2v) is 7.13. The number of benzene rings is 2. The lowest BCUT2D eigenvalue weighted by Gasteiger charge is -2.09. The molecule has 0 aliphatic heterocycles. The second kappa shape index (κ2) is 8.64. The van der Waals surface area contributed by atoms with E-state index in [9.17, 15) is 0 Å². The van der Waals surface area contributed by atoms with Gasteiger partial charge in [0.1, 0.15) is 11.6 Å². The molecular weight excluding hydrogens is 354 g/mol. The molecule has 0 saturated carbocycles. The molecule has 144 valence electrons. The summed E-state index contributed by atoms with van der Waals surface area (Å²) < 4.78 is 0. The maximum atomic E-state index is 4.67. The summed E-state index contributed by atoms with van der Waals surface area (Å²) >= 11 is 0. The van der Waals surface area contributed by atoms with E-state index in [1.54, 1.807) is 0 Å². The number of allylic oxidation sites excluding steroid dienone is 2. The molecule has 3 nitrogen and oxygen atoms in total. The lowest BCUT2D eigenvalue weighted by atomic mass is 10.0. The van der Waals surface area contributed by atoms with Gasteiger partial charge < -0.3 is 0 Å². The average Bonchev–Trinajstić information content (AvgIpc) is 2.72. The smallest absolute Gasteiger partial charge is 0.163 e. The van der Waals surface area contributed by atoms with Crippen LogP contribution in [0, 0.1) is 6.92 Å². The first-order valence-corrected chi connectivity index (χ1v) is 9.50. The summed E-state index contributed by atoms with van der Waals surface area (Å²) in [7, 11) is 0. The van der Waals surface area contributed by atoms with Gasteiger partial charge in [0.15, 0.2) is 5.82 Å². The minimum absolute atomic E-state index is 0.606. The molecule has 3 heteroatoms. The van der Waals surface area contributed by atoms with Crippen molar-refractivity contribution in [3.63, 3.8) is 0 Å². The molecule has 29 heavy (non-hydrogen) atoms. The fourth-order valence-corrected chi connectivity index (χ4v) is 2.99. The first-order valence-electron chi connectivity index (χ1n) is 9.50. The summed E-state index contributed by atoms with van der Waals surface area (Å²) in [5.74, 6) is 2.03. The molecule has 0 bridgehead atoms. The zero-order valence-electron chi connectivity index (χ0n) is 17.3. The molecule has 0 spiro atoms. The van der Waals surface area contributed by atoms with Gasteiger partial charge in [-0.3, -0.25) is 0 Å². The van der Waals surface area contributed by atoms with Crippen molar-refractivity contribution < 1.29 is 0 Å². The molecule has 1 aromatic heterocycles. The van der Waals surface area contributed by atoms with E-state index in [-0.39, 0.29) is 0 Å². The molecule has 2 aromatic carbocycles. The normalized spacial score (nSPS) is 10.3. The number of nitrogens with zero attached hydrogens (tertiary/aromatic N) is 3. The highest BCUT2D eigenvalue weighted by molar-refractivity contribution is 5.75. The lowest BCUT2D eigenvalue weighted by molar-refractivity contribution is 0.865. The van der Waals surface area contributed by atoms with Crippen molar-refractivity contribution in [2.45, 2.75) is 27.2 Å². The topological polar surface area (TPSA) is 38.7 Å². The molecule has 0 radical (unpaired) electrons. The second-order valence-electron chi connectivity index (χ2n) is 7.13. The summed E-state index contributed by atoms with van der Waals surface area (Å²) in [6.07, 6.45) is 0.641. The predicted molar refractivity (Wildman–Crippen MR) is 121 cm³/mol. The number of aryl methyl sites for hydroxylation is 1. The summed E-state index contributed by atoms with van der Waals surface area (Å²) in [5.41, 5.74) is 10.1. The van der Waals surface area contributed by atoms with Gasteiger partial charge in [-0.1, -0.05) is 73.8 Å².